The molecule has 0 unspecified atom stereocenters. The highest BCUT2D eigenvalue weighted by molar-refractivity contribution is 6.12. The molecule has 0 saturated carbocycles. The molecule has 3 rings (SSSR count). The standard InChI is InChI=1S/C19H16/c1-3-14(4-2)19-13-15-9-5-6-10-16(15)17-11-7-8-12-18(17)19/h3-13H,1H2,2H3. The van der Waals surface area contributed by atoms with Gasteiger partial charge in [0, 0.05) is 0 Å². The zero-order valence-electron chi connectivity index (χ0n) is 11.1. The third kappa shape index (κ3) is 1.86. The van der Waals surface area contributed by atoms with Gasteiger partial charge in [0.15, 0.2) is 0 Å². The van der Waals surface area contributed by atoms with Gasteiger partial charge in [0.05, 0.1) is 0 Å². The molecule has 0 heterocycles. The number of benzene rings is 3. The summed E-state index contributed by atoms with van der Waals surface area (Å²) in [4.78, 5) is 0. The van der Waals surface area contributed by atoms with Crippen LogP contribution in [0.3, 0.4) is 0 Å². The molecular formula is C19H16. The van der Waals surface area contributed by atoms with Crippen molar-refractivity contribution in [2.75, 3.05) is 0 Å². The van der Waals surface area contributed by atoms with E-state index in [1.807, 2.05) is 6.08 Å². The van der Waals surface area contributed by atoms with Crippen LogP contribution in [-0.4, -0.2) is 0 Å². The van der Waals surface area contributed by atoms with Crippen LogP contribution in [0.2, 0.25) is 0 Å². The molecule has 92 valence electrons. The van der Waals surface area contributed by atoms with Gasteiger partial charge in [-0.15, -0.1) is 0 Å². The molecule has 0 N–H and O–H groups in total. The largest absolute Gasteiger partial charge is 0.0985 e. The van der Waals surface area contributed by atoms with Gasteiger partial charge in [0.2, 0.25) is 0 Å². The van der Waals surface area contributed by atoms with Gasteiger partial charge in [-0.3, -0.25) is 0 Å². The minimum Gasteiger partial charge on any atom is -0.0985 e. The zero-order chi connectivity index (χ0) is 13.2. The van der Waals surface area contributed by atoms with Gasteiger partial charge >= 0.3 is 0 Å². The fraction of sp³-hybridized carbons (Fsp3) is 0.0526. The van der Waals surface area contributed by atoms with E-state index in [0.717, 1.165) is 0 Å². The minimum absolute atomic E-state index is 1.18. The average molecular weight is 244 g/mol. The van der Waals surface area contributed by atoms with Crippen LogP contribution in [0, 0.1) is 0 Å². The van der Waals surface area contributed by atoms with Crippen molar-refractivity contribution in [3.05, 3.63) is 78.9 Å². The van der Waals surface area contributed by atoms with Crippen LogP contribution in [0.15, 0.2) is 73.3 Å². The summed E-state index contributed by atoms with van der Waals surface area (Å²) in [6.45, 7) is 5.98. The molecule has 3 aromatic carbocycles. The van der Waals surface area contributed by atoms with Crippen LogP contribution in [0.4, 0.5) is 0 Å². The van der Waals surface area contributed by atoms with Gasteiger partial charge in [0.1, 0.15) is 0 Å². The summed E-state index contributed by atoms with van der Waals surface area (Å²) in [5.74, 6) is 0. The normalized spacial score (nSPS) is 11.9. The molecule has 0 radical (unpaired) electrons. The van der Waals surface area contributed by atoms with Crippen molar-refractivity contribution in [3.63, 3.8) is 0 Å². The molecule has 3 aromatic rings. The Balaban J connectivity index is 2.52. The van der Waals surface area contributed by atoms with Crippen molar-refractivity contribution < 1.29 is 0 Å². The first-order chi connectivity index (χ1) is 9.35. The summed E-state index contributed by atoms with van der Waals surface area (Å²) >= 11 is 0. The smallest absolute Gasteiger partial charge is 0.00991 e. The Hall–Kier alpha value is -2.34. The third-order valence-electron chi connectivity index (χ3n) is 3.61. The molecule has 19 heavy (non-hydrogen) atoms. The van der Waals surface area contributed by atoms with E-state index >= 15 is 0 Å². The van der Waals surface area contributed by atoms with E-state index in [1.54, 1.807) is 0 Å². The predicted octanol–water partition coefficient (Wildman–Crippen LogP) is 5.58. The molecular weight excluding hydrogens is 228 g/mol. The van der Waals surface area contributed by atoms with Gasteiger partial charge in [-0.2, -0.15) is 0 Å². The van der Waals surface area contributed by atoms with Crippen molar-refractivity contribution in [1.82, 2.24) is 0 Å². The lowest BCUT2D eigenvalue weighted by Gasteiger charge is -2.11. The summed E-state index contributed by atoms with van der Waals surface area (Å²) in [7, 11) is 0. The molecule has 0 spiro atoms. The Labute approximate surface area is 113 Å². The number of hydrogen-bond donors (Lipinski definition) is 0. The fourth-order valence-corrected chi connectivity index (χ4v) is 2.68. The Morgan fingerprint density at radius 1 is 0.895 bits per heavy atom. The number of allylic oxidation sites excluding steroid dienone is 3. The molecule has 0 saturated heterocycles. The number of rotatable bonds is 2. The maximum absolute atomic E-state index is 3.93. The van der Waals surface area contributed by atoms with Crippen molar-refractivity contribution in [2.24, 2.45) is 0 Å². The van der Waals surface area contributed by atoms with Crippen LogP contribution < -0.4 is 0 Å². The number of hydrogen-bond acceptors (Lipinski definition) is 0. The Bertz CT molecular complexity index is 791. The average Bonchev–Trinajstić information content (AvgIpc) is 2.48. The summed E-state index contributed by atoms with van der Waals surface area (Å²) in [5, 5.41) is 5.17. The van der Waals surface area contributed by atoms with Crippen molar-refractivity contribution in [3.8, 4) is 0 Å². The van der Waals surface area contributed by atoms with Crippen molar-refractivity contribution >= 4 is 27.1 Å². The van der Waals surface area contributed by atoms with Crippen LogP contribution >= 0.6 is 0 Å². The highest BCUT2D eigenvalue weighted by Gasteiger charge is 2.07. The lowest BCUT2D eigenvalue weighted by atomic mass is 9.93. The lowest BCUT2D eigenvalue weighted by Crippen LogP contribution is -1.86. The van der Waals surface area contributed by atoms with Gasteiger partial charge in [-0.25, -0.2) is 0 Å². The van der Waals surface area contributed by atoms with E-state index in [0.29, 0.717) is 0 Å². The van der Waals surface area contributed by atoms with Gasteiger partial charge in [0.25, 0.3) is 0 Å². The van der Waals surface area contributed by atoms with E-state index in [-0.39, 0.29) is 0 Å². The molecule has 0 aromatic heterocycles. The molecule has 0 bridgehead atoms. The van der Waals surface area contributed by atoms with Crippen LogP contribution in [0.5, 0.6) is 0 Å². The van der Waals surface area contributed by atoms with Crippen LogP contribution in [-0.2, 0) is 0 Å². The first-order valence-corrected chi connectivity index (χ1v) is 6.54. The summed E-state index contributed by atoms with van der Waals surface area (Å²) in [5.41, 5.74) is 2.44. The molecule has 0 heteroatoms. The first kappa shape index (κ1) is 11.7. The third-order valence-corrected chi connectivity index (χ3v) is 3.61. The second kappa shape index (κ2) is 4.74. The maximum Gasteiger partial charge on any atom is -0.00991 e. The summed E-state index contributed by atoms with van der Waals surface area (Å²) in [6.07, 6.45) is 4.04. The molecule has 0 atom stereocenters. The second-order valence-corrected chi connectivity index (χ2v) is 4.64. The fourth-order valence-electron chi connectivity index (χ4n) is 2.68. The second-order valence-electron chi connectivity index (χ2n) is 4.64. The van der Waals surface area contributed by atoms with E-state index in [2.05, 4.69) is 74.2 Å². The lowest BCUT2D eigenvalue weighted by molar-refractivity contribution is 1.67. The Morgan fingerprint density at radius 2 is 1.53 bits per heavy atom. The molecule has 0 nitrogen and oxygen atoms in total. The molecule has 0 aliphatic heterocycles. The molecule has 0 aliphatic rings. The quantitative estimate of drug-likeness (QED) is 0.407. The van der Waals surface area contributed by atoms with Gasteiger partial charge < -0.3 is 0 Å². The number of fused-ring (bicyclic) bond motifs is 3. The van der Waals surface area contributed by atoms with E-state index in [9.17, 15) is 0 Å². The van der Waals surface area contributed by atoms with Crippen LogP contribution in [0.25, 0.3) is 27.1 Å². The molecule has 0 amide bonds. The SMILES string of the molecule is C=CC(=CC)c1cc2ccccc2c2ccccc12. The molecule has 0 aliphatic carbocycles. The maximum atomic E-state index is 3.93. The van der Waals surface area contributed by atoms with E-state index in [1.165, 1.54) is 32.7 Å². The predicted molar refractivity (Wildman–Crippen MR) is 85.3 cm³/mol. The molecule has 0 fully saturated rings. The summed E-state index contributed by atoms with van der Waals surface area (Å²) < 4.78 is 0. The topological polar surface area (TPSA) is 0 Å². The van der Waals surface area contributed by atoms with E-state index in [4.69, 9.17) is 0 Å². The highest BCUT2D eigenvalue weighted by atomic mass is 14.1. The van der Waals surface area contributed by atoms with Crippen molar-refractivity contribution in [1.29, 1.82) is 0 Å². The van der Waals surface area contributed by atoms with Gasteiger partial charge in [-0.1, -0.05) is 67.3 Å². The zero-order valence-corrected chi connectivity index (χ0v) is 11.1. The Kier molecular flexibility index (Phi) is 2.92. The Morgan fingerprint density at radius 3 is 2.21 bits per heavy atom. The van der Waals surface area contributed by atoms with Crippen molar-refractivity contribution in [2.45, 2.75) is 6.92 Å². The van der Waals surface area contributed by atoms with E-state index < -0.39 is 0 Å². The monoisotopic (exact) mass is 244 g/mol. The summed E-state index contributed by atoms with van der Waals surface area (Å²) in [6, 6.07) is 19.4. The highest BCUT2D eigenvalue weighted by Crippen LogP contribution is 2.32. The van der Waals surface area contributed by atoms with Crippen LogP contribution in [0.1, 0.15) is 12.5 Å². The minimum atomic E-state index is 1.18. The first-order valence-electron chi connectivity index (χ1n) is 6.54. The van der Waals surface area contributed by atoms with Gasteiger partial charge in [-0.05, 0) is 45.7 Å².